The Bertz CT molecular complexity index is 447. The normalized spacial score (nSPS) is 40.8. The fraction of sp³-hybridized carbons (Fsp3) is 0.882. The van der Waals surface area contributed by atoms with E-state index in [2.05, 4.69) is 17.3 Å². The van der Waals surface area contributed by atoms with Crippen molar-refractivity contribution in [1.82, 2.24) is 15.1 Å². The van der Waals surface area contributed by atoms with Crippen molar-refractivity contribution in [3.8, 4) is 0 Å². The first kappa shape index (κ1) is 14.5. The third-order valence-electron chi connectivity index (χ3n) is 6.40. The van der Waals surface area contributed by atoms with Crippen LogP contribution >= 0.6 is 0 Å². The molecule has 4 saturated carbocycles. The summed E-state index contributed by atoms with van der Waals surface area (Å²) in [6, 6.07) is 0. The van der Waals surface area contributed by atoms with Crippen LogP contribution in [0, 0.1) is 17.8 Å². The Morgan fingerprint density at radius 2 is 1.41 bits per heavy atom. The van der Waals surface area contributed by atoms with Crippen molar-refractivity contribution in [2.45, 2.75) is 44.1 Å². The van der Waals surface area contributed by atoms with Crippen molar-refractivity contribution in [3.05, 3.63) is 0 Å². The molecular formula is C17H27N3O2. The maximum atomic E-state index is 12.5. The molecule has 5 heteroatoms. The molecule has 1 aliphatic heterocycles. The van der Waals surface area contributed by atoms with Gasteiger partial charge in [-0.15, -0.1) is 0 Å². The highest BCUT2D eigenvalue weighted by Gasteiger charge is 2.52. The first-order chi connectivity index (χ1) is 10.5. The number of rotatable bonds is 1. The lowest BCUT2D eigenvalue weighted by atomic mass is 9.53. The molecule has 5 fully saturated rings. The van der Waals surface area contributed by atoms with Crippen LogP contribution in [0.4, 0.5) is 0 Å². The van der Waals surface area contributed by atoms with Crippen molar-refractivity contribution >= 4 is 11.8 Å². The zero-order chi connectivity index (χ0) is 15.3. The molecule has 5 rings (SSSR count). The second-order valence-electron chi connectivity index (χ2n) is 8.25. The summed E-state index contributed by atoms with van der Waals surface area (Å²) >= 11 is 0. The van der Waals surface area contributed by atoms with Gasteiger partial charge in [-0.25, -0.2) is 0 Å². The third-order valence-corrected chi connectivity index (χ3v) is 6.40. The molecule has 0 aromatic carbocycles. The molecule has 2 amide bonds. The van der Waals surface area contributed by atoms with Gasteiger partial charge >= 0.3 is 11.8 Å². The third kappa shape index (κ3) is 2.53. The fourth-order valence-corrected chi connectivity index (χ4v) is 5.71. The number of nitrogens with one attached hydrogen (secondary N) is 1. The van der Waals surface area contributed by atoms with E-state index in [1.54, 1.807) is 4.90 Å². The summed E-state index contributed by atoms with van der Waals surface area (Å²) in [4.78, 5) is 28.8. The molecule has 4 aliphatic carbocycles. The molecule has 0 aromatic heterocycles. The Labute approximate surface area is 132 Å². The maximum absolute atomic E-state index is 12.5. The second-order valence-corrected chi connectivity index (χ2v) is 8.25. The molecule has 1 N–H and O–H groups in total. The highest BCUT2D eigenvalue weighted by atomic mass is 16.2. The molecule has 5 aliphatic rings. The van der Waals surface area contributed by atoms with Crippen molar-refractivity contribution in [3.63, 3.8) is 0 Å². The lowest BCUT2D eigenvalue weighted by Gasteiger charge is -2.56. The van der Waals surface area contributed by atoms with Gasteiger partial charge in [-0.3, -0.25) is 9.59 Å². The monoisotopic (exact) mass is 305 g/mol. The van der Waals surface area contributed by atoms with Gasteiger partial charge < -0.3 is 15.1 Å². The molecule has 1 heterocycles. The van der Waals surface area contributed by atoms with E-state index >= 15 is 0 Å². The van der Waals surface area contributed by atoms with Crippen LogP contribution in [0.5, 0.6) is 0 Å². The van der Waals surface area contributed by atoms with Crippen LogP contribution in [0.2, 0.25) is 0 Å². The number of piperazine rings is 1. The van der Waals surface area contributed by atoms with Gasteiger partial charge in [0.1, 0.15) is 0 Å². The van der Waals surface area contributed by atoms with Gasteiger partial charge in [0.2, 0.25) is 0 Å². The Morgan fingerprint density at radius 3 is 1.91 bits per heavy atom. The zero-order valence-corrected chi connectivity index (χ0v) is 13.5. The van der Waals surface area contributed by atoms with Crippen molar-refractivity contribution in [2.75, 3.05) is 33.2 Å². The summed E-state index contributed by atoms with van der Waals surface area (Å²) in [6.45, 7) is 3.06. The Hall–Kier alpha value is -1.10. The number of hydrogen-bond acceptors (Lipinski definition) is 3. The Morgan fingerprint density at radius 1 is 0.909 bits per heavy atom. The number of likely N-dealkylation sites (N-methyl/N-ethyl adjacent to an activating group) is 1. The molecule has 0 spiro atoms. The average Bonchev–Trinajstić information content (AvgIpc) is 2.45. The summed E-state index contributed by atoms with van der Waals surface area (Å²) < 4.78 is 0. The molecule has 5 nitrogen and oxygen atoms in total. The SMILES string of the molecule is CN1CCN(C(=O)C(=O)NC23CC4CC(CC(C4)C2)C3)CC1. The first-order valence-electron chi connectivity index (χ1n) is 8.83. The molecule has 0 radical (unpaired) electrons. The van der Waals surface area contributed by atoms with E-state index in [1.807, 2.05) is 0 Å². The number of nitrogens with zero attached hydrogens (tertiary/aromatic N) is 2. The van der Waals surface area contributed by atoms with Gasteiger partial charge in [0, 0.05) is 31.7 Å². The van der Waals surface area contributed by atoms with Crippen LogP contribution in [0.25, 0.3) is 0 Å². The van der Waals surface area contributed by atoms with E-state index in [0.29, 0.717) is 13.1 Å². The number of carbonyl (C=O) groups excluding carboxylic acids is 2. The van der Waals surface area contributed by atoms with Gasteiger partial charge in [0.15, 0.2) is 0 Å². The van der Waals surface area contributed by atoms with E-state index < -0.39 is 0 Å². The van der Waals surface area contributed by atoms with E-state index in [0.717, 1.165) is 50.1 Å². The molecule has 1 saturated heterocycles. The zero-order valence-electron chi connectivity index (χ0n) is 13.5. The Kier molecular flexibility index (Phi) is 3.44. The maximum Gasteiger partial charge on any atom is 0.311 e. The number of amides is 2. The van der Waals surface area contributed by atoms with E-state index in [1.165, 1.54) is 19.3 Å². The summed E-state index contributed by atoms with van der Waals surface area (Å²) in [7, 11) is 2.05. The minimum Gasteiger partial charge on any atom is -0.342 e. The summed E-state index contributed by atoms with van der Waals surface area (Å²) in [5.74, 6) is 1.68. The molecule has 0 atom stereocenters. The predicted octanol–water partition coefficient (Wildman–Crippen LogP) is 0.845. The standard InChI is InChI=1S/C17H27N3O2/c1-19-2-4-20(5-3-19)16(22)15(21)18-17-9-12-6-13(10-17)8-14(7-12)11-17/h12-14H,2-11H2,1H3,(H,18,21). The molecule has 0 unspecified atom stereocenters. The van der Waals surface area contributed by atoms with Gasteiger partial charge in [0.25, 0.3) is 0 Å². The lowest BCUT2D eigenvalue weighted by molar-refractivity contribution is -0.149. The first-order valence-corrected chi connectivity index (χ1v) is 8.83. The summed E-state index contributed by atoms with van der Waals surface area (Å²) in [5, 5.41) is 3.19. The Balaban J connectivity index is 1.40. The minimum atomic E-state index is -0.355. The topological polar surface area (TPSA) is 52.7 Å². The smallest absolute Gasteiger partial charge is 0.311 e. The van der Waals surface area contributed by atoms with Crippen molar-refractivity contribution in [2.24, 2.45) is 17.8 Å². The van der Waals surface area contributed by atoms with Crippen LogP contribution in [0.15, 0.2) is 0 Å². The molecule has 0 aromatic rings. The van der Waals surface area contributed by atoms with E-state index in [9.17, 15) is 9.59 Å². The minimum absolute atomic E-state index is 0.0614. The summed E-state index contributed by atoms with van der Waals surface area (Å²) in [6.07, 6.45) is 7.34. The lowest BCUT2D eigenvalue weighted by Crippen LogP contribution is -2.62. The van der Waals surface area contributed by atoms with Gasteiger partial charge in [-0.2, -0.15) is 0 Å². The van der Waals surface area contributed by atoms with E-state index in [-0.39, 0.29) is 17.4 Å². The molecule has 122 valence electrons. The second kappa shape index (κ2) is 5.22. The van der Waals surface area contributed by atoms with Crippen LogP contribution in [-0.2, 0) is 9.59 Å². The molecule has 4 bridgehead atoms. The number of hydrogen-bond donors (Lipinski definition) is 1. The molecular weight excluding hydrogens is 278 g/mol. The number of carbonyl (C=O) groups is 2. The van der Waals surface area contributed by atoms with Crippen LogP contribution < -0.4 is 5.32 Å². The quantitative estimate of drug-likeness (QED) is 0.731. The van der Waals surface area contributed by atoms with Gasteiger partial charge in [0.05, 0.1) is 0 Å². The fourth-order valence-electron chi connectivity index (χ4n) is 5.71. The largest absolute Gasteiger partial charge is 0.342 e. The highest BCUT2D eigenvalue weighted by Crippen LogP contribution is 2.55. The van der Waals surface area contributed by atoms with E-state index in [4.69, 9.17) is 0 Å². The van der Waals surface area contributed by atoms with Crippen LogP contribution in [0.3, 0.4) is 0 Å². The van der Waals surface area contributed by atoms with Crippen molar-refractivity contribution in [1.29, 1.82) is 0 Å². The van der Waals surface area contributed by atoms with Gasteiger partial charge in [-0.1, -0.05) is 0 Å². The predicted molar refractivity (Wildman–Crippen MR) is 83.1 cm³/mol. The van der Waals surface area contributed by atoms with Crippen LogP contribution in [0.1, 0.15) is 38.5 Å². The average molecular weight is 305 g/mol. The van der Waals surface area contributed by atoms with Crippen LogP contribution in [-0.4, -0.2) is 60.4 Å². The molecule has 22 heavy (non-hydrogen) atoms. The summed E-state index contributed by atoms with van der Waals surface area (Å²) in [5.41, 5.74) is -0.0614. The van der Waals surface area contributed by atoms with Crippen molar-refractivity contribution < 1.29 is 9.59 Å². The highest BCUT2D eigenvalue weighted by molar-refractivity contribution is 6.35. The van der Waals surface area contributed by atoms with Gasteiger partial charge in [-0.05, 0) is 63.3 Å².